The quantitative estimate of drug-likeness (QED) is 0.804. The fourth-order valence-corrected chi connectivity index (χ4v) is 3.54. The fourth-order valence-electron chi connectivity index (χ4n) is 3.54. The molecule has 1 N–H and O–H groups in total. The van der Waals surface area contributed by atoms with Crippen molar-refractivity contribution in [3.8, 4) is 5.75 Å². The number of piperidine rings is 1. The zero-order valence-electron chi connectivity index (χ0n) is 16.4. The minimum absolute atomic E-state index is 0.00311. The molecular formula is C23H28N2O3. The Hall–Kier alpha value is -2.82. The first-order valence-corrected chi connectivity index (χ1v) is 9.88. The van der Waals surface area contributed by atoms with Gasteiger partial charge in [0.15, 0.2) is 0 Å². The summed E-state index contributed by atoms with van der Waals surface area (Å²) >= 11 is 0. The van der Waals surface area contributed by atoms with Crippen LogP contribution >= 0.6 is 0 Å². The maximum Gasteiger partial charge on any atom is 0.226 e. The molecule has 0 bridgehead atoms. The van der Waals surface area contributed by atoms with Crippen LogP contribution in [0.5, 0.6) is 5.75 Å². The van der Waals surface area contributed by atoms with E-state index >= 15 is 0 Å². The molecule has 1 heterocycles. The Bertz CT molecular complexity index is 766. The molecule has 2 aromatic rings. The van der Waals surface area contributed by atoms with Gasteiger partial charge in [0.25, 0.3) is 0 Å². The molecule has 0 saturated carbocycles. The molecule has 5 heteroatoms. The Morgan fingerprint density at radius 1 is 1.00 bits per heavy atom. The van der Waals surface area contributed by atoms with Crippen LogP contribution in [0.1, 0.15) is 24.0 Å². The minimum Gasteiger partial charge on any atom is -0.497 e. The van der Waals surface area contributed by atoms with E-state index < -0.39 is 0 Å². The van der Waals surface area contributed by atoms with Crippen LogP contribution in [0.15, 0.2) is 54.6 Å². The molecule has 0 aromatic heterocycles. The van der Waals surface area contributed by atoms with Gasteiger partial charge in [-0.3, -0.25) is 9.59 Å². The Labute approximate surface area is 166 Å². The van der Waals surface area contributed by atoms with Crippen LogP contribution < -0.4 is 10.1 Å². The highest BCUT2D eigenvalue weighted by Crippen LogP contribution is 2.18. The molecular weight excluding hydrogens is 352 g/mol. The van der Waals surface area contributed by atoms with E-state index in [9.17, 15) is 9.59 Å². The summed E-state index contributed by atoms with van der Waals surface area (Å²) < 4.78 is 5.15. The normalized spacial score (nSPS) is 14.5. The predicted molar refractivity (Wildman–Crippen MR) is 109 cm³/mol. The molecule has 5 nitrogen and oxygen atoms in total. The second-order valence-corrected chi connectivity index (χ2v) is 7.21. The predicted octanol–water partition coefficient (Wildman–Crippen LogP) is 2.84. The number of likely N-dealkylation sites (tertiary alicyclic amines) is 1. The van der Waals surface area contributed by atoms with Gasteiger partial charge in [0.1, 0.15) is 5.75 Å². The van der Waals surface area contributed by atoms with E-state index in [-0.39, 0.29) is 17.7 Å². The van der Waals surface area contributed by atoms with Crippen molar-refractivity contribution in [2.75, 3.05) is 26.7 Å². The number of methoxy groups -OCH3 is 1. The lowest BCUT2D eigenvalue weighted by atomic mass is 9.95. The summed E-state index contributed by atoms with van der Waals surface area (Å²) in [4.78, 5) is 26.7. The third kappa shape index (κ3) is 5.59. The van der Waals surface area contributed by atoms with Gasteiger partial charge >= 0.3 is 0 Å². The number of benzene rings is 2. The molecule has 1 aliphatic rings. The van der Waals surface area contributed by atoms with Crippen LogP contribution in [0.4, 0.5) is 0 Å². The smallest absolute Gasteiger partial charge is 0.226 e. The number of carbonyl (C=O) groups excluding carboxylic acids is 2. The lowest BCUT2D eigenvalue weighted by Gasteiger charge is -2.31. The highest BCUT2D eigenvalue weighted by atomic mass is 16.5. The first-order valence-electron chi connectivity index (χ1n) is 9.88. The SMILES string of the molecule is COc1ccc(CCNC(=O)C2CCN(C(=O)Cc3ccccc3)CC2)cc1. The van der Waals surface area contributed by atoms with E-state index in [1.54, 1.807) is 7.11 Å². The molecule has 0 unspecified atom stereocenters. The molecule has 1 saturated heterocycles. The third-order valence-corrected chi connectivity index (χ3v) is 5.29. The molecule has 1 aliphatic heterocycles. The minimum atomic E-state index is -0.00311. The zero-order valence-corrected chi connectivity index (χ0v) is 16.4. The molecule has 28 heavy (non-hydrogen) atoms. The van der Waals surface area contributed by atoms with Gasteiger partial charge in [-0.05, 0) is 42.5 Å². The number of rotatable bonds is 7. The number of amides is 2. The monoisotopic (exact) mass is 380 g/mol. The lowest BCUT2D eigenvalue weighted by Crippen LogP contribution is -2.43. The van der Waals surface area contributed by atoms with Crippen molar-refractivity contribution < 1.29 is 14.3 Å². The summed E-state index contributed by atoms with van der Waals surface area (Å²) in [6.07, 6.45) is 2.69. The van der Waals surface area contributed by atoms with Gasteiger partial charge in [-0.15, -0.1) is 0 Å². The van der Waals surface area contributed by atoms with Crippen molar-refractivity contribution in [2.24, 2.45) is 5.92 Å². The summed E-state index contributed by atoms with van der Waals surface area (Å²) in [5.41, 5.74) is 2.20. The summed E-state index contributed by atoms with van der Waals surface area (Å²) in [6.45, 7) is 1.93. The highest BCUT2D eigenvalue weighted by molar-refractivity contribution is 5.81. The molecule has 0 atom stereocenters. The first kappa shape index (κ1) is 19.9. The van der Waals surface area contributed by atoms with Crippen molar-refractivity contribution in [3.63, 3.8) is 0 Å². The first-order chi connectivity index (χ1) is 13.7. The number of nitrogens with one attached hydrogen (secondary N) is 1. The molecule has 1 fully saturated rings. The average molecular weight is 380 g/mol. The van der Waals surface area contributed by atoms with Crippen LogP contribution in [-0.4, -0.2) is 43.5 Å². The molecule has 148 valence electrons. The van der Waals surface area contributed by atoms with Gasteiger partial charge in [0.05, 0.1) is 13.5 Å². The lowest BCUT2D eigenvalue weighted by molar-refractivity contribution is -0.135. The van der Waals surface area contributed by atoms with Crippen LogP contribution in [0.2, 0.25) is 0 Å². The fraction of sp³-hybridized carbons (Fsp3) is 0.391. The van der Waals surface area contributed by atoms with E-state index in [0.29, 0.717) is 26.1 Å². The van der Waals surface area contributed by atoms with Crippen molar-refractivity contribution in [1.82, 2.24) is 10.2 Å². The van der Waals surface area contributed by atoms with Crippen molar-refractivity contribution >= 4 is 11.8 Å². The summed E-state index contributed by atoms with van der Waals surface area (Å²) in [5.74, 6) is 1.08. The number of nitrogens with zero attached hydrogens (tertiary/aromatic N) is 1. The molecule has 3 rings (SSSR count). The van der Waals surface area contributed by atoms with Gasteiger partial charge in [0.2, 0.25) is 11.8 Å². The molecule has 0 aliphatic carbocycles. The van der Waals surface area contributed by atoms with Crippen LogP contribution in [0.3, 0.4) is 0 Å². The maximum atomic E-state index is 12.4. The van der Waals surface area contributed by atoms with E-state index in [4.69, 9.17) is 4.74 Å². The van der Waals surface area contributed by atoms with Gasteiger partial charge in [-0.2, -0.15) is 0 Å². The van der Waals surface area contributed by atoms with Gasteiger partial charge < -0.3 is 15.0 Å². The molecule has 2 amide bonds. The maximum absolute atomic E-state index is 12.4. The van der Waals surface area contributed by atoms with E-state index in [1.807, 2.05) is 59.5 Å². The Morgan fingerprint density at radius 3 is 2.32 bits per heavy atom. The summed E-state index contributed by atoms with van der Waals surface area (Å²) in [6, 6.07) is 17.7. The van der Waals surface area contributed by atoms with E-state index in [0.717, 1.165) is 30.6 Å². The van der Waals surface area contributed by atoms with E-state index in [2.05, 4.69) is 5.32 Å². The highest BCUT2D eigenvalue weighted by Gasteiger charge is 2.27. The molecule has 2 aromatic carbocycles. The van der Waals surface area contributed by atoms with Gasteiger partial charge in [-0.1, -0.05) is 42.5 Å². The Kier molecular flexibility index (Phi) is 7.06. The van der Waals surface area contributed by atoms with Crippen molar-refractivity contribution in [3.05, 3.63) is 65.7 Å². The molecule has 0 radical (unpaired) electrons. The number of carbonyl (C=O) groups is 2. The Morgan fingerprint density at radius 2 is 1.68 bits per heavy atom. The number of hydrogen-bond donors (Lipinski definition) is 1. The molecule has 0 spiro atoms. The van der Waals surface area contributed by atoms with Gasteiger partial charge in [0, 0.05) is 25.6 Å². The largest absolute Gasteiger partial charge is 0.497 e. The van der Waals surface area contributed by atoms with Crippen LogP contribution in [0, 0.1) is 5.92 Å². The topological polar surface area (TPSA) is 58.6 Å². The van der Waals surface area contributed by atoms with Crippen LogP contribution in [0.25, 0.3) is 0 Å². The zero-order chi connectivity index (χ0) is 19.8. The second-order valence-electron chi connectivity index (χ2n) is 7.21. The van der Waals surface area contributed by atoms with Crippen LogP contribution in [-0.2, 0) is 22.4 Å². The Balaban J connectivity index is 1.37. The third-order valence-electron chi connectivity index (χ3n) is 5.29. The standard InChI is InChI=1S/C23H28N2O3/c1-28-21-9-7-18(8-10-21)11-14-24-23(27)20-12-15-25(16-13-20)22(26)17-19-5-3-2-4-6-19/h2-10,20H,11-17H2,1H3,(H,24,27). The van der Waals surface area contributed by atoms with Gasteiger partial charge in [-0.25, -0.2) is 0 Å². The van der Waals surface area contributed by atoms with E-state index in [1.165, 1.54) is 5.56 Å². The van der Waals surface area contributed by atoms with Crippen molar-refractivity contribution in [2.45, 2.75) is 25.7 Å². The number of ether oxygens (including phenoxy) is 1. The summed E-state index contributed by atoms with van der Waals surface area (Å²) in [7, 11) is 1.65. The van der Waals surface area contributed by atoms with Crippen molar-refractivity contribution in [1.29, 1.82) is 0 Å². The number of hydrogen-bond acceptors (Lipinski definition) is 3. The summed E-state index contributed by atoms with van der Waals surface area (Å²) in [5, 5.41) is 3.04. The second kappa shape index (κ2) is 9.93. The average Bonchev–Trinajstić information content (AvgIpc) is 2.75.